The van der Waals surface area contributed by atoms with Crippen LogP contribution in [-0.4, -0.2) is 23.1 Å². The van der Waals surface area contributed by atoms with Crippen molar-refractivity contribution in [3.63, 3.8) is 0 Å². The van der Waals surface area contributed by atoms with Crippen LogP contribution in [0.2, 0.25) is 15.1 Å². The second-order valence-electron chi connectivity index (χ2n) is 8.30. The van der Waals surface area contributed by atoms with Gasteiger partial charge in [0, 0.05) is 42.1 Å². The molecule has 0 fully saturated rings. The van der Waals surface area contributed by atoms with E-state index in [2.05, 4.69) is 31.4 Å². The largest absolute Gasteiger partial charge is 0.422 e. The van der Waals surface area contributed by atoms with E-state index in [0.717, 1.165) is 9.86 Å². The highest BCUT2D eigenvalue weighted by molar-refractivity contribution is 9.10. The molecule has 0 aliphatic rings. The quantitative estimate of drug-likeness (QED) is 0.0844. The van der Waals surface area contributed by atoms with Gasteiger partial charge in [-0.1, -0.05) is 81.1 Å². The van der Waals surface area contributed by atoms with Gasteiger partial charge < -0.3 is 9.72 Å². The molecule has 1 aromatic heterocycles. The molecule has 0 radical (unpaired) electrons. The van der Waals surface area contributed by atoms with Crippen LogP contribution in [0.5, 0.6) is 5.75 Å². The highest BCUT2D eigenvalue weighted by Gasteiger charge is 2.21. The molecule has 0 saturated carbocycles. The maximum atomic E-state index is 13.3. The summed E-state index contributed by atoms with van der Waals surface area (Å²) in [6.45, 7) is 0. The number of carbonyl (C=O) groups excluding carboxylic acids is 2. The molecule has 0 saturated heterocycles. The molecule has 5 aromatic rings. The van der Waals surface area contributed by atoms with Crippen LogP contribution in [0.1, 0.15) is 26.4 Å². The number of aromatic nitrogens is 1. The van der Waals surface area contributed by atoms with Crippen molar-refractivity contribution in [2.75, 3.05) is 0 Å². The molecule has 10 heteroatoms. The third kappa shape index (κ3) is 5.87. The maximum Gasteiger partial charge on any atom is 0.345 e. The first-order valence-electron chi connectivity index (χ1n) is 11.5. The highest BCUT2D eigenvalue weighted by atomic mass is 79.9. The van der Waals surface area contributed by atoms with E-state index in [0.29, 0.717) is 32.3 Å². The molecule has 5 rings (SSSR count). The molecule has 0 atom stereocenters. The van der Waals surface area contributed by atoms with Crippen LogP contribution in [-0.2, 0) is 0 Å². The summed E-state index contributed by atoms with van der Waals surface area (Å²) in [5.41, 5.74) is 5.45. The summed E-state index contributed by atoms with van der Waals surface area (Å²) >= 11 is 22.3. The van der Waals surface area contributed by atoms with Crippen LogP contribution in [0.15, 0.2) is 94.5 Å². The molecule has 1 heterocycles. The fourth-order valence-electron chi connectivity index (χ4n) is 3.99. The average molecular weight is 642 g/mol. The lowest BCUT2D eigenvalue weighted by Gasteiger charge is -2.09. The number of amides is 1. The number of ether oxygens (including phenoxy) is 1. The summed E-state index contributed by atoms with van der Waals surface area (Å²) in [5.74, 6) is -0.890. The Morgan fingerprint density at radius 3 is 2.41 bits per heavy atom. The molecule has 0 spiro atoms. The first kappa shape index (κ1) is 27.0. The van der Waals surface area contributed by atoms with E-state index in [-0.39, 0.29) is 22.0 Å². The van der Waals surface area contributed by atoms with Crippen molar-refractivity contribution >= 4 is 79.7 Å². The van der Waals surface area contributed by atoms with Gasteiger partial charge in [0.25, 0.3) is 5.91 Å². The zero-order valence-corrected chi connectivity index (χ0v) is 23.7. The predicted molar refractivity (Wildman–Crippen MR) is 159 cm³/mol. The number of carbonyl (C=O) groups is 2. The fraction of sp³-hybridized carbons (Fsp3) is 0. The Bertz CT molecular complexity index is 1770. The summed E-state index contributed by atoms with van der Waals surface area (Å²) in [6.07, 6.45) is 1.38. The van der Waals surface area contributed by atoms with Crippen LogP contribution >= 0.6 is 50.7 Å². The minimum absolute atomic E-state index is 0.226. The van der Waals surface area contributed by atoms with E-state index < -0.39 is 11.9 Å². The van der Waals surface area contributed by atoms with Crippen LogP contribution < -0.4 is 10.2 Å². The Balaban J connectivity index is 1.44. The van der Waals surface area contributed by atoms with Gasteiger partial charge in [0.05, 0.1) is 16.8 Å². The van der Waals surface area contributed by atoms with Gasteiger partial charge >= 0.3 is 5.97 Å². The lowest BCUT2D eigenvalue weighted by Crippen LogP contribution is -2.19. The number of fused-ring (bicyclic) bond motifs is 1. The number of rotatable bonds is 6. The van der Waals surface area contributed by atoms with Crippen molar-refractivity contribution in [2.24, 2.45) is 5.10 Å². The minimum atomic E-state index is -0.622. The number of halogens is 4. The standard InChI is InChI=1S/C29H17BrCl3N3O3/c30-17-9-12-25(39-29(38)20-6-2-4-8-23(20)33)16(13-17)15-34-36-28(37)27-26(19-5-1-3-7-22(19)32)21-14-18(31)10-11-24(21)35-27/h1-15,35H,(H,36,37). The zero-order chi connectivity index (χ0) is 27.5. The topological polar surface area (TPSA) is 83.5 Å². The first-order chi connectivity index (χ1) is 18.8. The molecule has 0 aliphatic carbocycles. The Morgan fingerprint density at radius 1 is 0.897 bits per heavy atom. The fourth-order valence-corrected chi connectivity index (χ4v) is 4.98. The summed E-state index contributed by atoms with van der Waals surface area (Å²) in [7, 11) is 0. The van der Waals surface area contributed by atoms with Crippen molar-refractivity contribution in [3.8, 4) is 16.9 Å². The highest BCUT2D eigenvalue weighted by Crippen LogP contribution is 2.37. The van der Waals surface area contributed by atoms with Crippen LogP contribution in [0, 0.1) is 0 Å². The molecular weight excluding hydrogens is 625 g/mol. The molecule has 4 aromatic carbocycles. The Kier molecular flexibility index (Phi) is 8.04. The Morgan fingerprint density at radius 2 is 1.64 bits per heavy atom. The number of hydrogen-bond donors (Lipinski definition) is 2. The van der Waals surface area contributed by atoms with Gasteiger partial charge in [-0.15, -0.1) is 0 Å². The number of H-pyrrole nitrogens is 1. The smallest absolute Gasteiger partial charge is 0.345 e. The number of hydrogen-bond acceptors (Lipinski definition) is 4. The first-order valence-corrected chi connectivity index (χ1v) is 13.4. The van der Waals surface area contributed by atoms with Gasteiger partial charge in [0.1, 0.15) is 11.4 Å². The molecule has 6 nitrogen and oxygen atoms in total. The van der Waals surface area contributed by atoms with Gasteiger partial charge in [-0.3, -0.25) is 4.79 Å². The molecule has 0 bridgehead atoms. The number of nitrogens with one attached hydrogen (secondary N) is 2. The SMILES string of the molecule is O=C(Oc1ccc(Br)cc1C=NNC(=O)c1[nH]c2ccc(Cl)cc2c1-c1ccccc1Cl)c1ccccc1Cl. The van der Waals surface area contributed by atoms with E-state index >= 15 is 0 Å². The summed E-state index contributed by atoms with van der Waals surface area (Å²) in [6, 6.07) is 24.1. The summed E-state index contributed by atoms with van der Waals surface area (Å²) < 4.78 is 6.29. The third-order valence-corrected chi connectivity index (χ3v) is 7.16. The summed E-state index contributed by atoms with van der Waals surface area (Å²) in [5, 5.41) is 6.14. The van der Waals surface area contributed by atoms with Crippen molar-refractivity contribution in [1.82, 2.24) is 10.4 Å². The molecule has 0 unspecified atom stereocenters. The van der Waals surface area contributed by atoms with E-state index in [1.54, 1.807) is 66.7 Å². The van der Waals surface area contributed by atoms with Crippen LogP contribution in [0.3, 0.4) is 0 Å². The average Bonchev–Trinajstić information content (AvgIpc) is 3.29. The molecular formula is C29H17BrCl3N3O3. The Hall–Kier alpha value is -3.62. The second kappa shape index (κ2) is 11.6. The maximum absolute atomic E-state index is 13.3. The lowest BCUT2D eigenvalue weighted by atomic mass is 10.0. The second-order valence-corrected chi connectivity index (χ2v) is 10.5. The Labute approximate surface area is 246 Å². The zero-order valence-electron chi connectivity index (χ0n) is 19.8. The van der Waals surface area contributed by atoms with Crippen LogP contribution in [0.4, 0.5) is 0 Å². The van der Waals surface area contributed by atoms with Crippen molar-refractivity contribution in [1.29, 1.82) is 0 Å². The normalized spacial score (nSPS) is 11.2. The van der Waals surface area contributed by atoms with Gasteiger partial charge in [-0.25, -0.2) is 10.2 Å². The molecule has 0 aliphatic heterocycles. The number of nitrogens with zero attached hydrogens (tertiary/aromatic N) is 1. The molecule has 194 valence electrons. The van der Waals surface area contributed by atoms with Crippen LogP contribution in [0.25, 0.3) is 22.0 Å². The van der Waals surface area contributed by atoms with E-state index in [4.69, 9.17) is 39.5 Å². The van der Waals surface area contributed by atoms with Gasteiger partial charge in [-0.05, 0) is 54.6 Å². The van der Waals surface area contributed by atoms with E-state index in [9.17, 15) is 9.59 Å². The van der Waals surface area contributed by atoms with Gasteiger partial charge in [0.15, 0.2) is 0 Å². The number of benzene rings is 4. The minimum Gasteiger partial charge on any atom is -0.422 e. The predicted octanol–water partition coefficient (Wildman–Crippen LogP) is 8.54. The summed E-state index contributed by atoms with van der Waals surface area (Å²) in [4.78, 5) is 29.1. The number of aromatic amines is 1. The van der Waals surface area contributed by atoms with Crippen molar-refractivity contribution in [2.45, 2.75) is 0 Å². The third-order valence-electron chi connectivity index (χ3n) is 5.77. The number of hydrazone groups is 1. The lowest BCUT2D eigenvalue weighted by molar-refractivity contribution is 0.0734. The van der Waals surface area contributed by atoms with Crippen molar-refractivity contribution < 1.29 is 14.3 Å². The molecule has 1 amide bonds. The van der Waals surface area contributed by atoms with E-state index in [1.165, 1.54) is 6.21 Å². The van der Waals surface area contributed by atoms with Crippen molar-refractivity contribution in [3.05, 3.63) is 121 Å². The number of esters is 1. The monoisotopic (exact) mass is 639 g/mol. The molecule has 39 heavy (non-hydrogen) atoms. The van der Waals surface area contributed by atoms with Gasteiger partial charge in [0.2, 0.25) is 0 Å². The molecule has 2 N–H and O–H groups in total. The van der Waals surface area contributed by atoms with Gasteiger partial charge in [-0.2, -0.15) is 5.10 Å². The van der Waals surface area contributed by atoms with E-state index in [1.807, 2.05) is 18.2 Å².